The first-order valence-electron chi connectivity index (χ1n) is 8.52. The molecule has 0 radical (unpaired) electrons. The third kappa shape index (κ3) is 3.35. The molecule has 0 saturated carbocycles. The van der Waals surface area contributed by atoms with Gasteiger partial charge in [-0.15, -0.1) is 0 Å². The number of anilines is 1. The summed E-state index contributed by atoms with van der Waals surface area (Å²) in [6, 6.07) is 15.7. The van der Waals surface area contributed by atoms with Crippen molar-refractivity contribution in [3.63, 3.8) is 0 Å². The Balaban J connectivity index is 1.50. The lowest BCUT2D eigenvalue weighted by molar-refractivity contribution is -0.114. The van der Waals surface area contributed by atoms with E-state index in [0.29, 0.717) is 0 Å². The number of rotatable bonds is 5. The van der Waals surface area contributed by atoms with E-state index in [-0.39, 0.29) is 5.91 Å². The molecule has 4 rings (SSSR count). The molecule has 1 amide bonds. The molecule has 0 unspecified atom stereocenters. The van der Waals surface area contributed by atoms with Crippen LogP contribution >= 0.6 is 0 Å². The Morgan fingerprint density at radius 3 is 2.73 bits per heavy atom. The number of hydrogen-bond donors (Lipinski definition) is 2. The fourth-order valence-electron chi connectivity index (χ4n) is 3.01. The molecular formula is C20H19N5O. The number of fused-ring (bicyclic) bond motifs is 1. The molecule has 2 aromatic heterocycles. The first kappa shape index (κ1) is 16.1. The molecule has 0 aliphatic carbocycles. The number of carbonyl (C=O) groups is 1. The van der Waals surface area contributed by atoms with E-state index >= 15 is 0 Å². The monoisotopic (exact) mass is 345 g/mol. The van der Waals surface area contributed by atoms with Gasteiger partial charge in [0.05, 0.1) is 11.0 Å². The molecular weight excluding hydrogens is 326 g/mol. The second kappa shape index (κ2) is 6.84. The molecule has 0 bridgehead atoms. The van der Waals surface area contributed by atoms with Crippen LogP contribution < -0.4 is 5.32 Å². The lowest BCUT2D eigenvalue weighted by Crippen LogP contribution is -2.06. The number of aromatic amines is 1. The first-order valence-corrected chi connectivity index (χ1v) is 8.52. The summed E-state index contributed by atoms with van der Waals surface area (Å²) >= 11 is 0. The number of benzene rings is 2. The number of H-pyrrole nitrogens is 1. The second-order valence-electron chi connectivity index (χ2n) is 6.15. The predicted molar refractivity (Wildman–Crippen MR) is 102 cm³/mol. The highest BCUT2D eigenvalue weighted by Gasteiger charge is 2.08. The summed E-state index contributed by atoms with van der Waals surface area (Å²) in [6.45, 7) is 2.28. The number of hydrogen-bond acceptors (Lipinski definition) is 3. The largest absolute Gasteiger partial charge is 0.342 e. The van der Waals surface area contributed by atoms with Crippen LogP contribution in [0, 0.1) is 0 Å². The smallest absolute Gasteiger partial charge is 0.221 e. The normalized spacial score (nSPS) is 11.0. The highest BCUT2D eigenvalue weighted by atomic mass is 16.1. The zero-order valence-corrected chi connectivity index (χ0v) is 14.4. The minimum Gasteiger partial charge on any atom is -0.342 e. The molecule has 0 saturated heterocycles. The molecule has 0 spiro atoms. The maximum Gasteiger partial charge on any atom is 0.221 e. The summed E-state index contributed by atoms with van der Waals surface area (Å²) < 4.78 is 2.11. The number of aromatic nitrogens is 4. The minimum absolute atomic E-state index is 0.0786. The second-order valence-corrected chi connectivity index (χ2v) is 6.15. The average Bonchev–Trinajstić information content (AvgIpc) is 3.26. The van der Waals surface area contributed by atoms with Crippen molar-refractivity contribution in [2.45, 2.75) is 19.9 Å². The lowest BCUT2D eigenvalue weighted by atomic mass is 10.2. The highest BCUT2D eigenvalue weighted by molar-refractivity contribution is 5.88. The summed E-state index contributed by atoms with van der Waals surface area (Å²) in [5.74, 6) is 1.78. The van der Waals surface area contributed by atoms with Gasteiger partial charge in [-0.3, -0.25) is 4.79 Å². The summed E-state index contributed by atoms with van der Waals surface area (Å²) in [7, 11) is 0. The van der Waals surface area contributed by atoms with Crippen LogP contribution in [-0.2, 0) is 17.8 Å². The van der Waals surface area contributed by atoms with Gasteiger partial charge >= 0.3 is 0 Å². The van der Waals surface area contributed by atoms with Gasteiger partial charge in [-0.2, -0.15) is 0 Å². The number of para-hydroxylation sites is 2. The Labute approximate surface area is 150 Å². The molecule has 130 valence electrons. The van der Waals surface area contributed by atoms with Gasteiger partial charge in [-0.25, -0.2) is 9.97 Å². The van der Waals surface area contributed by atoms with Gasteiger partial charge in [-0.05, 0) is 36.4 Å². The van der Waals surface area contributed by atoms with Crippen LogP contribution in [0.15, 0.2) is 60.9 Å². The van der Waals surface area contributed by atoms with Crippen LogP contribution in [0.5, 0.6) is 0 Å². The Morgan fingerprint density at radius 2 is 1.96 bits per heavy atom. The van der Waals surface area contributed by atoms with Gasteiger partial charge in [0.15, 0.2) is 0 Å². The Hall–Kier alpha value is -3.41. The third-order valence-electron chi connectivity index (χ3n) is 4.21. The van der Waals surface area contributed by atoms with Crippen LogP contribution in [0.3, 0.4) is 0 Å². The zero-order chi connectivity index (χ0) is 17.9. The third-order valence-corrected chi connectivity index (χ3v) is 4.21. The van der Waals surface area contributed by atoms with Crippen molar-refractivity contribution < 1.29 is 4.79 Å². The first-order chi connectivity index (χ1) is 12.7. The van der Waals surface area contributed by atoms with Crippen molar-refractivity contribution in [3.8, 4) is 11.4 Å². The van der Waals surface area contributed by atoms with Crippen molar-refractivity contribution in [1.29, 1.82) is 0 Å². The van der Waals surface area contributed by atoms with Crippen LogP contribution in [0.1, 0.15) is 12.7 Å². The van der Waals surface area contributed by atoms with Gasteiger partial charge in [0, 0.05) is 43.5 Å². The molecule has 2 N–H and O–H groups in total. The topological polar surface area (TPSA) is 75.6 Å². The van der Waals surface area contributed by atoms with E-state index in [1.807, 2.05) is 54.7 Å². The van der Waals surface area contributed by atoms with Crippen LogP contribution in [0.4, 0.5) is 5.69 Å². The van der Waals surface area contributed by atoms with Gasteiger partial charge in [0.1, 0.15) is 11.6 Å². The molecule has 0 atom stereocenters. The summed E-state index contributed by atoms with van der Waals surface area (Å²) in [5, 5.41) is 2.77. The fraction of sp³-hybridized carbons (Fsp3) is 0.150. The molecule has 26 heavy (non-hydrogen) atoms. The van der Waals surface area contributed by atoms with Crippen LogP contribution in [-0.4, -0.2) is 25.4 Å². The van der Waals surface area contributed by atoms with Crippen molar-refractivity contribution in [2.24, 2.45) is 0 Å². The van der Waals surface area contributed by atoms with Gasteiger partial charge in [0.2, 0.25) is 5.91 Å². The lowest BCUT2D eigenvalue weighted by Gasteiger charge is -2.08. The van der Waals surface area contributed by atoms with Crippen LogP contribution in [0.2, 0.25) is 0 Å². The highest BCUT2D eigenvalue weighted by Crippen LogP contribution is 2.20. The Kier molecular flexibility index (Phi) is 4.23. The number of amides is 1. The van der Waals surface area contributed by atoms with Crippen molar-refractivity contribution in [2.75, 3.05) is 5.32 Å². The maximum absolute atomic E-state index is 11.1. The van der Waals surface area contributed by atoms with E-state index in [2.05, 4.69) is 24.8 Å². The molecule has 2 heterocycles. The number of imidazole rings is 2. The predicted octanol–water partition coefficient (Wildman–Crippen LogP) is 3.63. The van der Waals surface area contributed by atoms with E-state index < -0.39 is 0 Å². The van der Waals surface area contributed by atoms with E-state index in [0.717, 1.165) is 46.9 Å². The number of nitrogens with one attached hydrogen (secondary N) is 2. The van der Waals surface area contributed by atoms with E-state index in [4.69, 9.17) is 0 Å². The summed E-state index contributed by atoms with van der Waals surface area (Å²) in [5.41, 5.74) is 3.83. The molecule has 4 aromatic rings. The Bertz CT molecular complexity index is 1010. The quantitative estimate of drug-likeness (QED) is 0.580. The zero-order valence-electron chi connectivity index (χ0n) is 14.4. The van der Waals surface area contributed by atoms with Crippen molar-refractivity contribution in [3.05, 3.63) is 66.7 Å². The average molecular weight is 345 g/mol. The van der Waals surface area contributed by atoms with Gasteiger partial charge in [-0.1, -0.05) is 12.1 Å². The maximum atomic E-state index is 11.1. The summed E-state index contributed by atoms with van der Waals surface area (Å²) in [4.78, 5) is 23.6. The molecule has 6 nitrogen and oxygen atoms in total. The van der Waals surface area contributed by atoms with E-state index in [1.54, 1.807) is 6.20 Å². The number of aryl methyl sites for hydroxylation is 2. The van der Waals surface area contributed by atoms with Gasteiger partial charge < -0.3 is 14.9 Å². The number of nitrogens with zero attached hydrogens (tertiary/aromatic N) is 3. The van der Waals surface area contributed by atoms with E-state index in [9.17, 15) is 4.79 Å². The molecule has 0 aliphatic heterocycles. The summed E-state index contributed by atoms with van der Waals surface area (Å²) in [6.07, 6.45) is 4.57. The van der Waals surface area contributed by atoms with Crippen LogP contribution in [0.25, 0.3) is 22.4 Å². The van der Waals surface area contributed by atoms with Crippen molar-refractivity contribution >= 4 is 22.6 Å². The molecule has 0 fully saturated rings. The molecule has 0 aliphatic rings. The van der Waals surface area contributed by atoms with E-state index in [1.165, 1.54) is 6.92 Å². The van der Waals surface area contributed by atoms with Crippen molar-refractivity contribution in [1.82, 2.24) is 19.5 Å². The molecule has 2 aromatic carbocycles. The SMILES string of the molecule is CC(=O)Nc1ccc(-c2nccn2CCc2nc3ccccc3[nH]2)cc1. The standard InChI is InChI=1S/C20H19N5O/c1-14(26)22-16-8-6-15(7-9-16)20-21-11-13-25(20)12-10-19-23-17-4-2-3-5-18(17)24-19/h2-9,11,13H,10,12H2,1H3,(H,22,26)(H,23,24). The van der Waals surface area contributed by atoms with Gasteiger partial charge in [0.25, 0.3) is 0 Å². The Morgan fingerprint density at radius 1 is 1.15 bits per heavy atom. The molecule has 6 heteroatoms. The fourth-order valence-corrected chi connectivity index (χ4v) is 3.01. The number of carbonyl (C=O) groups excluding carboxylic acids is 1. The minimum atomic E-state index is -0.0786.